The van der Waals surface area contributed by atoms with Crippen LogP contribution >= 0.6 is 12.4 Å². The van der Waals surface area contributed by atoms with E-state index in [1.54, 1.807) is 7.11 Å². The molecule has 3 unspecified atom stereocenters. The molecule has 7 heteroatoms. The molecular weight excluding hydrogens is 390 g/mol. The summed E-state index contributed by atoms with van der Waals surface area (Å²) in [6, 6.07) is 7.53. The topological polar surface area (TPSA) is 75.9 Å². The van der Waals surface area contributed by atoms with Gasteiger partial charge in [-0.1, -0.05) is 31.5 Å². The van der Waals surface area contributed by atoms with Gasteiger partial charge < -0.3 is 20.3 Å². The zero-order valence-corrected chi connectivity index (χ0v) is 18.3. The Labute approximate surface area is 180 Å². The standard InChI is InChI=1S/C22H33N3O3.ClH/c1-3-4-14-25-20(26)12-11-18(22(27)24-13-7-8-16(23)15-24)21(25)17-9-5-6-10-19(17)28-2;/h5-6,9-10,16,18,21H,3-4,7-8,11-15,23H2,1-2H3;1H. The van der Waals surface area contributed by atoms with Crippen LogP contribution in [0.4, 0.5) is 0 Å². The van der Waals surface area contributed by atoms with Gasteiger partial charge in [-0.25, -0.2) is 0 Å². The van der Waals surface area contributed by atoms with Crippen molar-refractivity contribution in [3.8, 4) is 5.75 Å². The Kier molecular flexibility index (Phi) is 8.78. The molecule has 0 spiro atoms. The predicted molar refractivity (Wildman–Crippen MR) is 116 cm³/mol. The van der Waals surface area contributed by atoms with Crippen molar-refractivity contribution in [3.05, 3.63) is 29.8 Å². The van der Waals surface area contributed by atoms with Crippen molar-refractivity contribution in [2.24, 2.45) is 11.7 Å². The number of methoxy groups -OCH3 is 1. The normalized spacial score (nSPS) is 24.8. The summed E-state index contributed by atoms with van der Waals surface area (Å²) in [7, 11) is 1.64. The first-order chi connectivity index (χ1) is 13.6. The summed E-state index contributed by atoms with van der Waals surface area (Å²) in [6.45, 7) is 4.15. The highest BCUT2D eigenvalue weighted by atomic mass is 35.5. The van der Waals surface area contributed by atoms with Gasteiger partial charge in [-0.2, -0.15) is 0 Å². The zero-order chi connectivity index (χ0) is 20.1. The lowest BCUT2D eigenvalue weighted by Crippen LogP contribution is -2.53. The molecule has 3 rings (SSSR count). The second-order valence-electron chi connectivity index (χ2n) is 7.96. The van der Waals surface area contributed by atoms with E-state index in [1.165, 1.54) is 0 Å². The lowest BCUT2D eigenvalue weighted by Gasteiger charge is -2.43. The van der Waals surface area contributed by atoms with Gasteiger partial charge >= 0.3 is 0 Å². The monoisotopic (exact) mass is 423 g/mol. The van der Waals surface area contributed by atoms with Crippen LogP contribution in [0.25, 0.3) is 0 Å². The first-order valence-electron chi connectivity index (χ1n) is 10.5. The largest absolute Gasteiger partial charge is 0.496 e. The number of rotatable bonds is 6. The zero-order valence-electron chi connectivity index (χ0n) is 17.5. The van der Waals surface area contributed by atoms with Gasteiger partial charge in [-0.3, -0.25) is 9.59 Å². The number of amides is 2. The minimum atomic E-state index is -0.283. The van der Waals surface area contributed by atoms with E-state index in [2.05, 4.69) is 6.92 Å². The van der Waals surface area contributed by atoms with E-state index in [-0.39, 0.29) is 42.2 Å². The number of benzene rings is 1. The Morgan fingerprint density at radius 3 is 2.72 bits per heavy atom. The van der Waals surface area contributed by atoms with E-state index in [9.17, 15) is 9.59 Å². The van der Waals surface area contributed by atoms with Crippen molar-refractivity contribution in [2.75, 3.05) is 26.7 Å². The Bertz CT molecular complexity index is 700. The molecule has 1 aromatic carbocycles. The third-order valence-corrected chi connectivity index (χ3v) is 6.00. The van der Waals surface area contributed by atoms with Gasteiger partial charge in [0.15, 0.2) is 0 Å². The first kappa shape index (κ1) is 23.5. The van der Waals surface area contributed by atoms with Crippen molar-refractivity contribution < 1.29 is 14.3 Å². The van der Waals surface area contributed by atoms with Gasteiger partial charge in [0.1, 0.15) is 5.75 Å². The molecule has 0 aromatic heterocycles. The molecule has 0 radical (unpaired) electrons. The van der Waals surface area contributed by atoms with Gasteiger partial charge in [0.05, 0.1) is 19.1 Å². The average Bonchev–Trinajstić information content (AvgIpc) is 2.72. The molecule has 2 saturated heterocycles. The highest BCUT2D eigenvalue weighted by molar-refractivity contribution is 5.86. The number of unbranched alkanes of at least 4 members (excludes halogenated alkanes) is 1. The maximum atomic E-state index is 13.5. The summed E-state index contributed by atoms with van der Waals surface area (Å²) < 4.78 is 5.59. The molecule has 2 heterocycles. The Balaban J connectivity index is 0.00000300. The number of halogens is 1. The van der Waals surface area contributed by atoms with E-state index in [1.807, 2.05) is 34.1 Å². The molecule has 162 valence electrons. The first-order valence-corrected chi connectivity index (χ1v) is 10.5. The Hall–Kier alpha value is -1.79. The lowest BCUT2D eigenvalue weighted by atomic mass is 9.82. The summed E-state index contributed by atoms with van der Waals surface area (Å²) in [5.74, 6) is 0.733. The SMILES string of the molecule is CCCCN1C(=O)CCC(C(=O)N2CCCC(N)C2)C1c1ccccc1OC.Cl. The molecular formula is C22H34ClN3O3. The van der Waals surface area contributed by atoms with Crippen LogP contribution in [0.15, 0.2) is 24.3 Å². The molecule has 2 aliphatic heterocycles. The molecule has 2 aliphatic rings. The number of carbonyl (C=O) groups excluding carboxylic acids is 2. The van der Waals surface area contributed by atoms with Gasteiger partial charge in [0, 0.05) is 37.7 Å². The molecule has 0 aliphatic carbocycles. The molecule has 2 amide bonds. The van der Waals surface area contributed by atoms with E-state index in [0.717, 1.165) is 43.5 Å². The number of ether oxygens (including phenoxy) is 1. The Morgan fingerprint density at radius 2 is 2.03 bits per heavy atom. The fourth-order valence-electron chi connectivity index (χ4n) is 4.54. The maximum Gasteiger partial charge on any atom is 0.228 e. The number of hydrogen-bond donors (Lipinski definition) is 1. The quantitative estimate of drug-likeness (QED) is 0.762. The summed E-state index contributed by atoms with van der Waals surface area (Å²) in [5.41, 5.74) is 7.05. The van der Waals surface area contributed by atoms with Gasteiger partial charge in [-0.05, 0) is 31.7 Å². The molecule has 0 bridgehead atoms. The van der Waals surface area contributed by atoms with Gasteiger partial charge in [-0.15, -0.1) is 12.4 Å². The van der Waals surface area contributed by atoms with E-state index in [0.29, 0.717) is 25.9 Å². The third-order valence-electron chi connectivity index (χ3n) is 6.00. The average molecular weight is 424 g/mol. The molecule has 6 nitrogen and oxygen atoms in total. The van der Waals surface area contributed by atoms with E-state index < -0.39 is 0 Å². The molecule has 1 aromatic rings. The summed E-state index contributed by atoms with van der Waals surface area (Å²) in [4.78, 5) is 30.1. The van der Waals surface area contributed by atoms with Gasteiger partial charge in [0.2, 0.25) is 11.8 Å². The number of hydrogen-bond acceptors (Lipinski definition) is 4. The van der Waals surface area contributed by atoms with Crippen molar-refractivity contribution >= 4 is 24.2 Å². The summed E-state index contributed by atoms with van der Waals surface area (Å²) >= 11 is 0. The number of likely N-dealkylation sites (tertiary alicyclic amines) is 2. The fraction of sp³-hybridized carbons (Fsp3) is 0.636. The minimum Gasteiger partial charge on any atom is -0.496 e. The number of para-hydroxylation sites is 1. The van der Waals surface area contributed by atoms with E-state index >= 15 is 0 Å². The molecule has 29 heavy (non-hydrogen) atoms. The van der Waals surface area contributed by atoms with Crippen molar-refractivity contribution in [2.45, 2.75) is 57.5 Å². The minimum absolute atomic E-state index is 0. The summed E-state index contributed by atoms with van der Waals surface area (Å²) in [6.07, 6.45) is 4.83. The number of nitrogens with two attached hydrogens (primary N) is 1. The maximum absolute atomic E-state index is 13.5. The number of nitrogens with zero attached hydrogens (tertiary/aromatic N) is 2. The summed E-state index contributed by atoms with van der Waals surface area (Å²) in [5, 5.41) is 0. The molecule has 3 atom stereocenters. The van der Waals surface area contributed by atoms with Crippen molar-refractivity contribution in [1.29, 1.82) is 0 Å². The van der Waals surface area contributed by atoms with Crippen LogP contribution in [0.3, 0.4) is 0 Å². The number of carbonyl (C=O) groups is 2. The van der Waals surface area contributed by atoms with Crippen LogP contribution < -0.4 is 10.5 Å². The third kappa shape index (κ3) is 5.23. The van der Waals surface area contributed by atoms with Crippen LogP contribution in [-0.2, 0) is 9.59 Å². The molecule has 0 saturated carbocycles. The van der Waals surface area contributed by atoms with Crippen LogP contribution in [0.2, 0.25) is 0 Å². The van der Waals surface area contributed by atoms with Gasteiger partial charge in [0.25, 0.3) is 0 Å². The second-order valence-corrected chi connectivity index (χ2v) is 7.96. The van der Waals surface area contributed by atoms with Crippen molar-refractivity contribution in [1.82, 2.24) is 9.80 Å². The highest BCUT2D eigenvalue weighted by Crippen LogP contribution is 2.41. The fourth-order valence-corrected chi connectivity index (χ4v) is 4.54. The lowest BCUT2D eigenvalue weighted by molar-refractivity contribution is -0.149. The second kappa shape index (κ2) is 10.8. The highest BCUT2D eigenvalue weighted by Gasteiger charge is 2.43. The molecule has 2 fully saturated rings. The van der Waals surface area contributed by atoms with Crippen LogP contribution in [0.5, 0.6) is 5.75 Å². The molecule has 2 N–H and O–H groups in total. The Morgan fingerprint density at radius 1 is 1.28 bits per heavy atom. The number of piperidine rings is 2. The predicted octanol–water partition coefficient (Wildman–Crippen LogP) is 3.15. The van der Waals surface area contributed by atoms with E-state index in [4.69, 9.17) is 10.5 Å². The van der Waals surface area contributed by atoms with Crippen LogP contribution in [-0.4, -0.2) is 54.4 Å². The van der Waals surface area contributed by atoms with Crippen LogP contribution in [0, 0.1) is 5.92 Å². The smallest absolute Gasteiger partial charge is 0.228 e. The van der Waals surface area contributed by atoms with Crippen LogP contribution in [0.1, 0.15) is 57.1 Å². The van der Waals surface area contributed by atoms with Crippen molar-refractivity contribution in [3.63, 3.8) is 0 Å².